The predicted molar refractivity (Wildman–Crippen MR) is 110 cm³/mol. The molecule has 3 rings (SSSR count). The van der Waals surface area contributed by atoms with Crippen molar-refractivity contribution in [2.45, 2.75) is 30.6 Å². The largest absolute Gasteiger partial charge is 0.480 e. The van der Waals surface area contributed by atoms with E-state index in [1.165, 1.54) is 0 Å². The van der Waals surface area contributed by atoms with Crippen LogP contribution in [0.5, 0.6) is 5.75 Å². The third kappa shape index (κ3) is 5.19. The molecule has 0 saturated carbocycles. The number of aromatic nitrogens is 2. The zero-order valence-electron chi connectivity index (χ0n) is 14.4. The first kappa shape index (κ1) is 19.2. The van der Waals surface area contributed by atoms with Gasteiger partial charge in [-0.1, -0.05) is 54.4 Å². The maximum atomic E-state index is 6.49. The Labute approximate surface area is 168 Å². The molecule has 0 spiro atoms. The van der Waals surface area contributed by atoms with Gasteiger partial charge in [-0.25, -0.2) is 4.98 Å². The topological polar surface area (TPSA) is 27.1 Å². The quantitative estimate of drug-likeness (QED) is 0.400. The standard InChI is InChI=1S/C20H20Cl2N2OS/c1-2-20(25-16-6-4-3-5-7-16)26-19(13-24-11-10-23-14-24)17-9-8-15(21)12-18(17)22/h3-12,14,19-20H,2,13H2,1H3. The number of nitrogens with zero attached hydrogens (tertiary/aromatic N) is 2. The molecule has 0 bridgehead atoms. The number of rotatable bonds is 8. The third-order valence-corrected chi connectivity index (χ3v) is 5.93. The van der Waals surface area contributed by atoms with E-state index in [-0.39, 0.29) is 10.7 Å². The predicted octanol–water partition coefficient (Wildman–Crippen LogP) is 6.48. The molecule has 26 heavy (non-hydrogen) atoms. The van der Waals surface area contributed by atoms with E-state index in [9.17, 15) is 0 Å². The zero-order valence-corrected chi connectivity index (χ0v) is 16.7. The average molecular weight is 407 g/mol. The molecule has 0 saturated heterocycles. The number of benzene rings is 2. The minimum Gasteiger partial charge on any atom is -0.480 e. The second-order valence-corrected chi connectivity index (χ2v) is 8.03. The zero-order chi connectivity index (χ0) is 18.4. The Balaban J connectivity index is 1.82. The molecule has 0 radical (unpaired) electrons. The molecule has 2 aromatic carbocycles. The summed E-state index contributed by atoms with van der Waals surface area (Å²) in [5.41, 5.74) is 1.06. The van der Waals surface area contributed by atoms with Gasteiger partial charge in [-0.05, 0) is 36.2 Å². The minimum absolute atomic E-state index is 0.0117. The molecule has 0 aliphatic heterocycles. The van der Waals surface area contributed by atoms with Gasteiger partial charge < -0.3 is 9.30 Å². The van der Waals surface area contributed by atoms with Gasteiger partial charge in [-0.3, -0.25) is 0 Å². The molecule has 0 N–H and O–H groups in total. The summed E-state index contributed by atoms with van der Waals surface area (Å²) in [7, 11) is 0. The fourth-order valence-corrected chi connectivity index (χ4v) is 4.55. The van der Waals surface area contributed by atoms with Crippen LogP contribution in [-0.4, -0.2) is 15.0 Å². The smallest absolute Gasteiger partial charge is 0.144 e. The van der Waals surface area contributed by atoms with Gasteiger partial charge in [0.05, 0.1) is 11.6 Å². The van der Waals surface area contributed by atoms with Crippen LogP contribution in [0, 0.1) is 0 Å². The second kappa shape index (κ2) is 9.36. The van der Waals surface area contributed by atoms with E-state index in [1.807, 2.05) is 55.0 Å². The third-order valence-electron chi connectivity index (χ3n) is 3.91. The van der Waals surface area contributed by atoms with Gasteiger partial charge >= 0.3 is 0 Å². The van der Waals surface area contributed by atoms with E-state index in [0.29, 0.717) is 10.0 Å². The Morgan fingerprint density at radius 2 is 1.96 bits per heavy atom. The van der Waals surface area contributed by atoms with Crippen LogP contribution in [-0.2, 0) is 6.54 Å². The first-order valence-corrected chi connectivity index (χ1v) is 10.1. The summed E-state index contributed by atoms with van der Waals surface area (Å²) in [6, 6.07) is 15.6. The first-order chi connectivity index (χ1) is 12.7. The molecule has 1 heterocycles. The van der Waals surface area contributed by atoms with Crippen LogP contribution in [0.1, 0.15) is 24.2 Å². The summed E-state index contributed by atoms with van der Waals surface area (Å²) in [5, 5.41) is 1.42. The van der Waals surface area contributed by atoms with Crippen molar-refractivity contribution in [1.29, 1.82) is 0 Å². The molecular formula is C20H20Cl2N2OS. The van der Waals surface area contributed by atoms with Crippen LogP contribution >= 0.6 is 35.0 Å². The van der Waals surface area contributed by atoms with Crippen molar-refractivity contribution < 1.29 is 4.74 Å². The van der Waals surface area contributed by atoms with Crippen LogP contribution in [0.2, 0.25) is 10.0 Å². The molecular weight excluding hydrogens is 387 g/mol. The lowest BCUT2D eigenvalue weighted by atomic mass is 10.1. The maximum Gasteiger partial charge on any atom is 0.144 e. The fourth-order valence-electron chi connectivity index (χ4n) is 2.60. The van der Waals surface area contributed by atoms with Crippen molar-refractivity contribution >= 4 is 35.0 Å². The van der Waals surface area contributed by atoms with Crippen molar-refractivity contribution in [3.05, 3.63) is 82.9 Å². The number of halogens is 2. The summed E-state index contributed by atoms with van der Waals surface area (Å²) in [5.74, 6) is 0.871. The highest BCUT2D eigenvalue weighted by Crippen LogP contribution is 2.39. The van der Waals surface area contributed by atoms with Gasteiger partial charge in [-0.15, -0.1) is 11.8 Å². The minimum atomic E-state index is 0.0117. The van der Waals surface area contributed by atoms with Gasteiger partial charge in [-0.2, -0.15) is 0 Å². The monoisotopic (exact) mass is 406 g/mol. The van der Waals surface area contributed by atoms with Crippen LogP contribution in [0.4, 0.5) is 0 Å². The molecule has 136 valence electrons. The SMILES string of the molecule is CCC(Oc1ccccc1)SC(Cn1ccnc1)c1ccc(Cl)cc1Cl. The highest BCUT2D eigenvalue weighted by Gasteiger charge is 2.22. The lowest BCUT2D eigenvalue weighted by molar-refractivity contribution is 0.282. The number of thioether (sulfide) groups is 1. The molecule has 6 heteroatoms. The summed E-state index contributed by atoms with van der Waals surface area (Å²) in [4.78, 5) is 4.14. The van der Waals surface area contributed by atoms with Crippen molar-refractivity contribution in [3.63, 3.8) is 0 Å². The highest BCUT2D eigenvalue weighted by atomic mass is 35.5. The average Bonchev–Trinajstić information content (AvgIpc) is 3.14. The summed E-state index contributed by atoms with van der Waals surface area (Å²) in [6.07, 6.45) is 6.43. The first-order valence-electron chi connectivity index (χ1n) is 8.43. The van der Waals surface area contributed by atoms with Gasteiger partial charge in [0.1, 0.15) is 11.2 Å². The molecule has 0 aliphatic rings. The van der Waals surface area contributed by atoms with Crippen molar-refractivity contribution in [3.8, 4) is 5.75 Å². The van der Waals surface area contributed by atoms with Crippen LogP contribution in [0.15, 0.2) is 67.3 Å². The molecule has 0 fully saturated rings. The molecule has 3 nitrogen and oxygen atoms in total. The Kier molecular flexibility index (Phi) is 6.89. The molecule has 0 aliphatic carbocycles. The number of hydrogen-bond acceptors (Lipinski definition) is 3. The van der Waals surface area contributed by atoms with Gasteiger partial charge in [0.25, 0.3) is 0 Å². The summed E-state index contributed by atoms with van der Waals surface area (Å²) in [6.45, 7) is 2.87. The van der Waals surface area contributed by atoms with Crippen LogP contribution in [0.25, 0.3) is 0 Å². The van der Waals surface area contributed by atoms with E-state index in [1.54, 1.807) is 24.0 Å². The maximum absolute atomic E-state index is 6.49. The molecule has 0 amide bonds. The lowest BCUT2D eigenvalue weighted by Crippen LogP contribution is -2.16. The Morgan fingerprint density at radius 1 is 1.15 bits per heavy atom. The van der Waals surface area contributed by atoms with Crippen molar-refractivity contribution in [2.24, 2.45) is 0 Å². The van der Waals surface area contributed by atoms with Gasteiger partial charge in [0, 0.05) is 29.0 Å². The van der Waals surface area contributed by atoms with E-state index in [2.05, 4.69) is 16.5 Å². The van der Waals surface area contributed by atoms with E-state index in [0.717, 1.165) is 24.3 Å². The fraction of sp³-hybridized carbons (Fsp3) is 0.250. The number of hydrogen-bond donors (Lipinski definition) is 0. The van der Waals surface area contributed by atoms with Gasteiger partial charge in [0.2, 0.25) is 0 Å². The van der Waals surface area contributed by atoms with Crippen molar-refractivity contribution in [1.82, 2.24) is 9.55 Å². The van der Waals surface area contributed by atoms with Crippen LogP contribution < -0.4 is 4.74 Å². The van der Waals surface area contributed by atoms with E-state index in [4.69, 9.17) is 27.9 Å². The Hall–Kier alpha value is -1.62. The van der Waals surface area contributed by atoms with Gasteiger partial charge in [0.15, 0.2) is 0 Å². The molecule has 3 aromatic rings. The second-order valence-electron chi connectivity index (χ2n) is 5.82. The van der Waals surface area contributed by atoms with Crippen molar-refractivity contribution in [2.75, 3.05) is 0 Å². The van der Waals surface area contributed by atoms with E-state index < -0.39 is 0 Å². The summed E-state index contributed by atoms with van der Waals surface area (Å²) >= 11 is 14.3. The Morgan fingerprint density at radius 3 is 2.62 bits per heavy atom. The molecule has 2 atom stereocenters. The molecule has 1 aromatic heterocycles. The molecule has 2 unspecified atom stereocenters. The summed E-state index contributed by atoms with van der Waals surface area (Å²) < 4.78 is 8.22. The van der Waals surface area contributed by atoms with Crippen LogP contribution in [0.3, 0.4) is 0 Å². The number of para-hydroxylation sites is 1. The number of ether oxygens (including phenoxy) is 1. The number of imidazole rings is 1. The lowest BCUT2D eigenvalue weighted by Gasteiger charge is -2.25. The highest BCUT2D eigenvalue weighted by molar-refractivity contribution is 8.00. The van der Waals surface area contributed by atoms with E-state index >= 15 is 0 Å². The Bertz CT molecular complexity index is 812. The normalized spacial score (nSPS) is 13.3.